The van der Waals surface area contributed by atoms with E-state index >= 15 is 0 Å². The fourth-order valence-electron chi connectivity index (χ4n) is 1.80. The number of aromatic nitrogens is 5. The van der Waals surface area contributed by atoms with Crippen LogP contribution in [0.3, 0.4) is 0 Å². The fraction of sp³-hybridized carbons (Fsp3) is 0.143. The number of halogens is 1. The molecule has 0 saturated carbocycles. The molecule has 2 heterocycles. The van der Waals surface area contributed by atoms with Crippen molar-refractivity contribution in [2.45, 2.75) is 13.5 Å². The average Bonchev–Trinajstić information content (AvgIpc) is 3.00. The molecule has 0 atom stereocenters. The highest BCUT2D eigenvalue weighted by atomic mass is 35.5. The van der Waals surface area contributed by atoms with Gasteiger partial charge in [-0.1, -0.05) is 29.8 Å². The molecule has 1 aromatic carbocycles. The van der Waals surface area contributed by atoms with Crippen molar-refractivity contribution in [2.24, 2.45) is 0 Å². The molecule has 0 aliphatic rings. The van der Waals surface area contributed by atoms with Gasteiger partial charge in [0.2, 0.25) is 17.2 Å². The van der Waals surface area contributed by atoms with Crippen molar-refractivity contribution in [3.8, 4) is 5.95 Å². The van der Waals surface area contributed by atoms with E-state index in [1.165, 1.54) is 5.56 Å². The third-order valence-corrected chi connectivity index (χ3v) is 3.07. The van der Waals surface area contributed by atoms with Crippen LogP contribution >= 0.6 is 11.6 Å². The Morgan fingerprint density at radius 2 is 1.95 bits per heavy atom. The van der Waals surface area contributed by atoms with Crippen molar-refractivity contribution in [1.29, 1.82) is 0 Å². The smallest absolute Gasteiger partial charge is 0.241 e. The predicted octanol–water partition coefficient (Wildman–Crippen LogP) is 2.63. The van der Waals surface area contributed by atoms with Crippen LogP contribution in [0.2, 0.25) is 5.28 Å². The van der Waals surface area contributed by atoms with Crippen molar-refractivity contribution in [1.82, 2.24) is 24.5 Å². The van der Waals surface area contributed by atoms with Gasteiger partial charge in [-0.05, 0) is 24.1 Å². The lowest BCUT2D eigenvalue weighted by Crippen LogP contribution is -2.08. The van der Waals surface area contributed by atoms with E-state index in [2.05, 4.69) is 56.4 Å². The molecule has 0 radical (unpaired) electrons. The summed E-state index contributed by atoms with van der Waals surface area (Å²) in [6, 6.07) is 8.24. The van der Waals surface area contributed by atoms with Gasteiger partial charge >= 0.3 is 0 Å². The van der Waals surface area contributed by atoms with Gasteiger partial charge in [0.1, 0.15) is 6.33 Å². The minimum atomic E-state index is 0.139. The van der Waals surface area contributed by atoms with Crippen molar-refractivity contribution >= 4 is 17.5 Å². The van der Waals surface area contributed by atoms with E-state index in [1.807, 2.05) is 0 Å². The Morgan fingerprint density at radius 1 is 1.14 bits per heavy atom. The van der Waals surface area contributed by atoms with Crippen molar-refractivity contribution < 1.29 is 0 Å². The van der Waals surface area contributed by atoms with E-state index in [0.717, 1.165) is 5.56 Å². The van der Waals surface area contributed by atoms with Gasteiger partial charge in [0, 0.05) is 18.9 Å². The minimum Gasteiger partial charge on any atom is -0.350 e. The van der Waals surface area contributed by atoms with Crippen LogP contribution in [0.1, 0.15) is 11.1 Å². The molecule has 0 aliphatic carbocycles. The number of aryl methyl sites for hydroxylation is 1. The van der Waals surface area contributed by atoms with Crippen LogP contribution in [0, 0.1) is 6.92 Å². The molecule has 0 aliphatic heterocycles. The number of nitrogens with one attached hydrogen (secondary N) is 1. The molecule has 0 spiro atoms. The first-order valence-corrected chi connectivity index (χ1v) is 6.78. The largest absolute Gasteiger partial charge is 0.350 e. The molecule has 2 aromatic heterocycles. The van der Waals surface area contributed by atoms with Gasteiger partial charge in [-0.3, -0.25) is 4.57 Å². The van der Waals surface area contributed by atoms with Crippen LogP contribution in [0.15, 0.2) is 43.0 Å². The zero-order valence-electron chi connectivity index (χ0n) is 11.4. The zero-order chi connectivity index (χ0) is 14.7. The number of imidazole rings is 1. The average molecular weight is 301 g/mol. The number of hydrogen-bond donors (Lipinski definition) is 1. The van der Waals surface area contributed by atoms with Crippen LogP contribution in [-0.4, -0.2) is 24.5 Å². The minimum absolute atomic E-state index is 0.139. The van der Waals surface area contributed by atoms with E-state index in [0.29, 0.717) is 18.4 Å². The van der Waals surface area contributed by atoms with Crippen molar-refractivity contribution in [3.63, 3.8) is 0 Å². The van der Waals surface area contributed by atoms with Gasteiger partial charge < -0.3 is 5.32 Å². The molecule has 1 N–H and O–H groups in total. The van der Waals surface area contributed by atoms with Crippen LogP contribution in [-0.2, 0) is 6.54 Å². The van der Waals surface area contributed by atoms with Crippen LogP contribution in [0.5, 0.6) is 0 Å². The van der Waals surface area contributed by atoms with Gasteiger partial charge in [0.05, 0.1) is 0 Å². The predicted molar refractivity (Wildman–Crippen MR) is 80.5 cm³/mol. The first kappa shape index (κ1) is 13.5. The summed E-state index contributed by atoms with van der Waals surface area (Å²) in [5.74, 6) is 0.859. The molecule has 0 amide bonds. The second-order valence-electron chi connectivity index (χ2n) is 4.54. The van der Waals surface area contributed by atoms with Gasteiger partial charge in [-0.25, -0.2) is 4.98 Å². The first-order valence-electron chi connectivity index (χ1n) is 6.40. The van der Waals surface area contributed by atoms with Crippen molar-refractivity contribution in [2.75, 3.05) is 5.32 Å². The topological polar surface area (TPSA) is 68.5 Å². The third kappa shape index (κ3) is 3.35. The maximum absolute atomic E-state index is 5.93. The zero-order valence-corrected chi connectivity index (χ0v) is 12.1. The molecule has 0 unspecified atom stereocenters. The Hall–Kier alpha value is -2.47. The highest BCUT2D eigenvalue weighted by Crippen LogP contribution is 2.11. The molecule has 0 saturated heterocycles. The monoisotopic (exact) mass is 300 g/mol. The van der Waals surface area contributed by atoms with E-state index in [1.54, 1.807) is 23.3 Å². The van der Waals surface area contributed by atoms with Gasteiger partial charge in [-0.15, -0.1) is 0 Å². The summed E-state index contributed by atoms with van der Waals surface area (Å²) in [7, 11) is 0. The molecule has 0 fully saturated rings. The quantitative estimate of drug-likeness (QED) is 0.802. The summed E-state index contributed by atoms with van der Waals surface area (Å²) in [6.45, 7) is 2.67. The lowest BCUT2D eigenvalue weighted by Gasteiger charge is -2.07. The van der Waals surface area contributed by atoms with Gasteiger partial charge in [-0.2, -0.15) is 15.0 Å². The Labute approximate surface area is 126 Å². The van der Waals surface area contributed by atoms with Crippen LogP contribution in [0.4, 0.5) is 5.95 Å². The van der Waals surface area contributed by atoms with E-state index in [4.69, 9.17) is 11.6 Å². The van der Waals surface area contributed by atoms with E-state index in [-0.39, 0.29) is 5.28 Å². The molecule has 7 heteroatoms. The highest BCUT2D eigenvalue weighted by molar-refractivity contribution is 6.28. The summed E-state index contributed by atoms with van der Waals surface area (Å²) in [6.07, 6.45) is 5.00. The summed E-state index contributed by atoms with van der Waals surface area (Å²) < 4.78 is 1.67. The molecular weight excluding hydrogens is 288 g/mol. The SMILES string of the molecule is Cc1ccc(CNc2nc(Cl)nc(-n3ccnc3)n2)cc1. The lowest BCUT2D eigenvalue weighted by molar-refractivity contribution is 0.888. The highest BCUT2D eigenvalue weighted by Gasteiger charge is 2.06. The second-order valence-corrected chi connectivity index (χ2v) is 4.88. The summed E-state index contributed by atoms with van der Waals surface area (Å²) in [4.78, 5) is 16.4. The Kier molecular flexibility index (Phi) is 3.79. The lowest BCUT2D eigenvalue weighted by atomic mass is 10.1. The summed E-state index contributed by atoms with van der Waals surface area (Å²) in [5, 5.41) is 3.28. The molecule has 21 heavy (non-hydrogen) atoms. The fourth-order valence-corrected chi connectivity index (χ4v) is 1.95. The second kappa shape index (κ2) is 5.88. The van der Waals surface area contributed by atoms with Gasteiger partial charge in [0.15, 0.2) is 0 Å². The Bertz CT molecular complexity index is 724. The summed E-state index contributed by atoms with van der Waals surface area (Å²) in [5.41, 5.74) is 2.37. The Morgan fingerprint density at radius 3 is 2.67 bits per heavy atom. The van der Waals surface area contributed by atoms with Crippen molar-refractivity contribution in [3.05, 3.63) is 59.4 Å². The molecule has 106 valence electrons. The number of rotatable bonds is 4. The third-order valence-electron chi connectivity index (χ3n) is 2.90. The number of nitrogens with zero attached hydrogens (tertiary/aromatic N) is 5. The van der Waals surface area contributed by atoms with Crippen LogP contribution < -0.4 is 5.32 Å². The molecule has 3 aromatic rings. The van der Waals surface area contributed by atoms with Crippen LogP contribution in [0.25, 0.3) is 5.95 Å². The molecule has 0 bridgehead atoms. The maximum Gasteiger partial charge on any atom is 0.241 e. The maximum atomic E-state index is 5.93. The molecule has 3 rings (SSSR count). The normalized spacial score (nSPS) is 10.6. The number of benzene rings is 1. The molecule has 6 nitrogen and oxygen atoms in total. The summed E-state index contributed by atoms with van der Waals surface area (Å²) >= 11 is 5.93. The van der Waals surface area contributed by atoms with E-state index in [9.17, 15) is 0 Å². The Balaban J connectivity index is 1.78. The number of hydrogen-bond acceptors (Lipinski definition) is 5. The first-order chi connectivity index (χ1) is 10.2. The van der Waals surface area contributed by atoms with E-state index < -0.39 is 0 Å². The van der Waals surface area contributed by atoms with Gasteiger partial charge in [0.25, 0.3) is 0 Å². The number of anilines is 1. The standard InChI is InChI=1S/C14H13ClN6/c1-10-2-4-11(5-3-10)8-17-13-18-12(15)19-14(20-13)21-7-6-16-9-21/h2-7,9H,8H2,1H3,(H,17,18,19,20). The molecular formula is C14H13ClN6.